The van der Waals surface area contributed by atoms with Crippen LogP contribution in [0.25, 0.3) is 0 Å². The zero-order chi connectivity index (χ0) is 24.4. The number of benzene rings is 2. The summed E-state index contributed by atoms with van der Waals surface area (Å²) in [5, 5.41) is 18.9. The quantitative estimate of drug-likeness (QED) is 0.427. The van der Waals surface area contributed by atoms with Crippen molar-refractivity contribution in [3.8, 4) is 0 Å². The van der Waals surface area contributed by atoms with Gasteiger partial charge in [0.2, 0.25) is 17.7 Å². The second-order valence-corrected chi connectivity index (χ2v) is 9.39. The Kier molecular flexibility index (Phi) is 7.24. The SMILES string of the molecule is CC[C@@H](c1nnc(C)o1)N1C(=O)[C@@H](CC(=O)O)CC(c2cccc(Cl)c2)[C@H]1c1ccc(Cl)cc1. The third-order valence-corrected chi connectivity index (χ3v) is 6.77. The summed E-state index contributed by atoms with van der Waals surface area (Å²) in [6, 6.07) is 13.9. The van der Waals surface area contributed by atoms with E-state index < -0.39 is 24.0 Å². The molecule has 4 atom stereocenters. The van der Waals surface area contributed by atoms with Gasteiger partial charge < -0.3 is 14.4 Å². The topological polar surface area (TPSA) is 96.5 Å². The molecule has 1 unspecified atom stereocenters. The highest BCUT2D eigenvalue weighted by molar-refractivity contribution is 6.30. The number of carboxylic acid groups (broad SMARTS) is 1. The zero-order valence-corrected chi connectivity index (χ0v) is 20.3. The molecule has 1 N–H and O–H groups in total. The summed E-state index contributed by atoms with van der Waals surface area (Å²) < 4.78 is 5.74. The Morgan fingerprint density at radius 2 is 1.88 bits per heavy atom. The number of aromatic nitrogens is 2. The van der Waals surface area contributed by atoms with Crippen molar-refractivity contribution in [2.75, 3.05) is 0 Å². The molecule has 4 rings (SSSR count). The molecule has 1 aromatic heterocycles. The Balaban J connectivity index is 1.90. The fourth-order valence-electron chi connectivity index (χ4n) is 4.85. The second kappa shape index (κ2) is 10.2. The predicted octanol–water partition coefficient (Wildman–Crippen LogP) is 5.98. The summed E-state index contributed by atoms with van der Waals surface area (Å²) in [6.07, 6.45) is 0.618. The Hall–Kier alpha value is -2.90. The Morgan fingerprint density at radius 3 is 2.47 bits per heavy atom. The van der Waals surface area contributed by atoms with Crippen molar-refractivity contribution in [2.24, 2.45) is 5.92 Å². The van der Waals surface area contributed by atoms with Crippen LogP contribution < -0.4 is 0 Å². The molecule has 1 aliphatic heterocycles. The average Bonchev–Trinajstić information content (AvgIpc) is 3.23. The van der Waals surface area contributed by atoms with Crippen LogP contribution in [0, 0.1) is 12.8 Å². The summed E-state index contributed by atoms with van der Waals surface area (Å²) >= 11 is 12.5. The number of piperidine rings is 1. The lowest BCUT2D eigenvalue weighted by Crippen LogP contribution is -2.49. The molecule has 9 heteroatoms. The van der Waals surface area contributed by atoms with E-state index in [0.29, 0.717) is 34.7 Å². The number of likely N-dealkylation sites (tertiary alicyclic amines) is 1. The molecule has 178 valence electrons. The fraction of sp³-hybridized carbons (Fsp3) is 0.360. The van der Waals surface area contributed by atoms with Crippen molar-refractivity contribution in [1.82, 2.24) is 15.1 Å². The number of aliphatic carboxylic acids is 1. The molecule has 1 aliphatic rings. The van der Waals surface area contributed by atoms with E-state index in [1.165, 1.54) is 0 Å². The van der Waals surface area contributed by atoms with E-state index in [9.17, 15) is 14.7 Å². The number of nitrogens with zero attached hydrogens (tertiary/aromatic N) is 3. The lowest BCUT2D eigenvalue weighted by molar-refractivity contribution is -0.153. The van der Waals surface area contributed by atoms with Gasteiger partial charge in [0.1, 0.15) is 6.04 Å². The summed E-state index contributed by atoms with van der Waals surface area (Å²) in [6.45, 7) is 3.63. The monoisotopic (exact) mass is 501 g/mol. The van der Waals surface area contributed by atoms with Crippen molar-refractivity contribution in [3.63, 3.8) is 0 Å². The van der Waals surface area contributed by atoms with Crippen LogP contribution in [-0.4, -0.2) is 32.1 Å². The van der Waals surface area contributed by atoms with Crippen LogP contribution in [0.15, 0.2) is 52.9 Å². The number of carbonyl (C=O) groups is 2. The van der Waals surface area contributed by atoms with Crippen LogP contribution in [0.2, 0.25) is 10.0 Å². The minimum absolute atomic E-state index is 0.208. The first-order chi connectivity index (χ1) is 16.3. The van der Waals surface area contributed by atoms with Gasteiger partial charge in [-0.2, -0.15) is 0 Å². The van der Waals surface area contributed by atoms with Crippen LogP contribution in [0.5, 0.6) is 0 Å². The second-order valence-electron chi connectivity index (χ2n) is 8.52. The zero-order valence-electron chi connectivity index (χ0n) is 18.8. The lowest BCUT2D eigenvalue weighted by Gasteiger charge is -2.47. The molecule has 1 saturated heterocycles. The standard InChI is InChI=1S/C25H25Cl2N3O4/c1-3-21(24-29-28-14(2)34-24)30-23(15-7-9-18(26)10-8-15)20(16-5-4-6-19(27)11-16)12-17(25(30)33)13-22(31)32/h4-11,17,20-21,23H,3,12-13H2,1-2H3,(H,31,32)/t17-,20?,21+,23-/m1/s1. The maximum absolute atomic E-state index is 13.9. The van der Waals surface area contributed by atoms with Crippen LogP contribution >= 0.6 is 23.2 Å². The molecule has 0 aliphatic carbocycles. The molecule has 2 aromatic carbocycles. The molecule has 0 bridgehead atoms. The molecule has 1 fully saturated rings. The average molecular weight is 502 g/mol. The van der Waals surface area contributed by atoms with Crippen molar-refractivity contribution in [3.05, 3.63) is 81.5 Å². The molecule has 0 saturated carbocycles. The van der Waals surface area contributed by atoms with Gasteiger partial charge in [-0.15, -0.1) is 10.2 Å². The molecular weight excluding hydrogens is 477 g/mol. The molecule has 3 aromatic rings. The van der Waals surface area contributed by atoms with Crippen molar-refractivity contribution in [1.29, 1.82) is 0 Å². The van der Waals surface area contributed by atoms with Gasteiger partial charge in [0.15, 0.2) is 0 Å². The maximum Gasteiger partial charge on any atom is 0.304 e. The number of rotatable bonds is 7. The van der Waals surface area contributed by atoms with E-state index in [1.54, 1.807) is 30.0 Å². The normalized spacial score (nSPS) is 21.5. The smallest absolute Gasteiger partial charge is 0.304 e. The van der Waals surface area contributed by atoms with Gasteiger partial charge in [0, 0.05) is 28.8 Å². The van der Waals surface area contributed by atoms with Crippen LogP contribution in [0.4, 0.5) is 0 Å². The summed E-state index contributed by atoms with van der Waals surface area (Å²) in [5.41, 5.74) is 1.81. The number of halogens is 2. The molecule has 34 heavy (non-hydrogen) atoms. The summed E-state index contributed by atoms with van der Waals surface area (Å²) in [5.74, 6) is -1.45. The van der Waals surface area contributed by atoms with E-state index in [2.05, 4.69) is 10.2 Å². The lowest BCUT2D eigenvalue weighted by atomic mass is 9.74. The Morgan fingerprint density at radius 1 is 1.15 bits per heavy atom. The number of amides is 1. The Labute approximate surface area is 207 Å². The maximum atomic E-state index is 13.9. The van der Waals surface area contributed by atoms with Crippen molar-refractivity contribution < 1.29 is 19.1 Å². The summed E-state index contributed by atoms with van der Waals surface area (Å²) in [7, 11) is 0. The van der Waals surface area contributed by atoms with Gasteiger partial charge in [0.05, 0.1) is 12.5 Å². The number of aryl methyl sites for hydroxylation is 1. The molecule has 1 amide bonds. The minimum atomic E-state index is -1.02. The first-order valence-corrected chi connectivity index (χ1v) is 11.9. The largest absolute Gasteiger partial charge is 0.481 e. The summed E-state index contributed by atoms with van der Waals surface area (Å²) in [4.78, 5) is 27.3. The number of carbonyl (C=O) groups excluding carboxylic acids is 1. The molecular formula is C25H25Cl2N3O4. The highest BCUT2D eigenvalue weighted by Crippen LogP contribution is 2.50. The van der Waals surface area contributed by atoms with Crippen molar-refractivity contribution in [2.45, 2.75) is 51.1 Å². The van der Waals surface area contributed by atoms with Crippen LogP contribution in [0.3, 0.4) is 0 Å². The molecule has 7 nitrogen and oxygen atoms in total. The molecule has 0 spiro atoms. The van der Waals surface area contributed by atoms with E-state index in [4.69, 9.17) is 27.6 Å². The minimum Gasteiger partial charge on any atom is -0.481 e. The first-order valence-electron chi connectivity index (χ1n) is 11.1. The van der Waals surface area contributed by atoms with E-state index in [1.807, 2.05) is 37.3 Å². The fourth-order valence-corrected chi connectivity index (χ4v) is 5.18. The van der Waals surface area contributed by atoms with Gasteiger partial charge in [-0.1, -0.05) is 54.4 Å². The number of carboxylic acids is 1. The van der Waals surface area contributed by atoms with E-state index >= 15 is 0 Å². The van der Waals surface area contributed by atoms with E-state index in [-0.39, 0.29) is 18.2 Å². The van der Waals surface area contributed by atoms with E-state index in [0.717, 1.165) is 11.1 Å². The van der Waals surface area contributed by atoms with Gasteiger partial charge >= 0.3 is 5.97 Å². The van der Waals surface area contributed by atoms with Crippen LogP contribution in [0.1, 0.15) is 67.1 Å². The predicted molar refractivity (Wildman–Crippen MR) is 128 cm³/mol. The highest BCUT2D eigenvalue weighted by atomic mass is 35.5. The first kappa shape index (κ1) is 24.2. The van der Waals surface area contributed by atoms with Gasteiger partial charge in [0.25, 0.3) is 0 Å². The third kappa shape index (κ3) is 4.95. The molecule has 0 radical (unpaired) electrons. The third-order valence-electron chi connectivity index (χ3n) is 6.28. The number of hydrogen-bond donors (Lipinski definition) is 1. The molecule has 2 heterocycles. The highest BCUT2D eigenvalue weighted by Gasteiger charge is 2.47. The van der Waals surface area contributed by atoms with Crippen LogP contribution in [-0.2, 0) is 9.59 Å². The van der Waals surface area contributed by atoms with Crippen molar-refractivity contribution >= 4 is 35.1 Å². The Bertz CT molecular complexity index is 1180. The number of hydrogen-bond acceptors (Lipinski definition) is 5. The van der Waals surface area contributed by atoms with Gasteiger partial charge in [-0.3, -0.25) is 9.59 Å². The van der Waals surface area contributed by atoms with Gasteiger partial charge in [-0.25, -0.2) is 0 Å². The van der Waals surface area contributed by atoms with Gasteiger partial charge in [-0.05, 0) is 48.2 Å².